The molecule has 94 valence electrons. The summed E-state index contributed by atoms with van der Waals surface area (Å²) in [5, 5.41) is 0. The summed E-state index contributed by atoms with van der Waals surface area (Å²) in [6, 6.07) is 3.73. The summed E-state index contributed by atoms with van der Waals surface area (Å²) in [5.41, 5.74) is 2.85. The van der Waals surface area contributed by atoms with E-state index in [1.54, 1.807) is 0 Å². The van der Waals surface area contributed by atoms with Crippen molar-refractivity contribution < 1.29 is 14.4 Å². The Hall–Kier alpha value is -1.97. The van der Waals surface area contributed by atoms with E-state index in [0.717, 1.165) is 11.1 Å². The Morgan fingerprint density at radius 1 is 1.17 bits per heavy atom. The first-order valence-corrected chi connectivity index (χ1v) is 5.89. The van der Waals surface area contributed by atoms with Gasteiger partial charge >= 0.3 is 0 Å². The van der Waals surface area contributed by atoms with Crippen LogP contribution in [0.25, 0.3) is 0 Å². The molecule has 0 unspecified atom stereocenters. The van der Waals surface area contributed by atoms with E-state index in [4.69, 9.17) is 0 Å². The van der Waals surface area contributed by atoms with Gasteiger partial charge in [-0.15, -0.1) is 0 Å². The van der Waals surface area contributed by atoms with Crippen LogP contribution in [-0.2, 0) is 9.59 Å². The molecule has 2 rings (SSSR count). The molecule has 1 aliphatic heterocycles. The minimum absolute atomic E-state index is 0.00834. The number of nitrogens with zero attached hydrogens (tertiary/aromatic N) is 1. The second-order valence-corrected chi connectivity index (χ2v) is 4.66. The molecule has 1 aliphatic rings. The SMILES string of the molecule is CC(=O)CCN1C(=O)C(=O)c2c(C)ccc(C)c21. The molecule has 1 amide bonds. The van der Waals surface area contributed by atoms with Crippen LogP contribution in [0.5, 0.6) is 0 Å². The molecule has 0 bridgehead atoms. The molecule has 4 nitrogen and oxygen atoms in total. The number of anilines is 1. The number of Topliss-reactive ketones (excluding diaryl/α,β-unsaturated/α-hetero) is 2. The molecule has 1 heterocycles. The average Bonchev–Trinajstić information content (AvgIpc) is 2.56. The molecule has 0 atom stereocenters. The lowest BCUT2D eigenvalue weighted by Crippen LogP contribution is -2.31. The maximum atomic E-state index is 11.9. The quantitative estimate of drug-likeness (QED) is 0.763. The van der Waals surface area contributed by atoms with E-state index < -0.39 is 11.7 Å². The standard InChI is InChI=1S/C14H15NO3/c1-8-4-5-9(2)12-11(8)13(17)14(18)15(12)7-6-10(3)16/h4-5H,6-7H2,1-3H3. The Bertz CT molecular complexity index is 560. The van der Waals surface area contributed by atoms with Crippen LogP contribution in [0.4, 0.5) is 5.69 Å². The van der Waals surface area contributed by atoms with Gasteiger partial charge < -0.3 is 4.90 Å². The van der Waals surface area contributed by atoms with Gasteiger partial charge in [-0.2, -0.15) is 0 Å². The molecular weight excluding hydrogens is 230 g/mol. The number of aryl methyl sites for hydroxylation is 2. The van der Waals surface area contributed by atoms with Gasteiger partial charge in [0.1, 0.15) is 5.78 Å². The Morgan fingerprint density at radius 3 is 2.39 bits per heavy atom. The summed E-state index contributed by atoms with van der Waals surface area (Å²) < 4.78 is 0. The third kappa shape index (κ3) is 1.83. The number of carbonyl (C=O) groups excluding carboxylic acids is 3. The van der Waals surface area contributed by atoms with Gasteiger partial charge in [0.2, 0.25) is 0 Å². The molecular formula is C14H15NO3. The number of carbonyl (C=O) groups is 3. The first-order valence-electron chi connectivity index (χ1n) is 5.89. The highest BCUT2D eigenvalue weighted by Gasteiger charge is 2.37. The predicted molar refractivity (Wildman–Crippen MR) is 67.9 cm³/mol. The number of amides is 1. The van der Waals surface area contributed by atoms with Crippen molar-refractivity contribution in [1.29, 1.82) is 0 Å². The van der Waals surface area contributed by atoms with Crippen molar-refractivity contribution in [3.8, 4) is 0 Å². The summed E-state index contributed by atoms with van der Waals surface area (Å²) in [7, 11) is 0. The average molecular weight is 245 g/mol. The van der Waals surface area contributed by atoms with Crippen LogP contribution < -0.4 is 4.90 Å². The molecule has 0 aromatic heterocycles. The van der Waals surface area contributed by atoms with Crippen molar-refractivity contribution in [3.05, 3.63) is 28.8 Å². The van der Waals surface area contributed by atoms with E-state index in [-0.39, 0.29) is 18.7 Å². The summed E-state index contributed by atoms with van der Waals surface area (Å²) in [4.78, 5) is 36.4. The first-order chi connectivity index (χ1) is 8.43. The van der Waals surface area contributed by atoms with Crippen molar-refractivity contribution >= 4 is 23.2 Å². The number of fused-ring (bicyclic) bond motifs is 1. The summed E-state index contributed by atoms with van der Waals surface area (Å²) in [6.45, 7) is 5.44. The number of rotatable bonds is 3. The van der Waals surface area contributed by atoms with Crippen LogP contribution in [0.1, 0.15) is 34.8 Å². The summed E-state index contributed by atoms with van der Waals surface area (Å²) >= 11 is 0. The fourth-order valence-electron chi connectivity index (χ4n) is 2.24. The highest BCUT2D eigenvalue weighted by molar-refractivity contribution is 6.52. The maximum Gasteiger partial charge on any atom is 0.299 e. The van der Waals surface area contributed by atoms with E-state index in [2.05, 4.69) is 0 Å². The van der Waals surface area contributed by atoms with Gasteiger partial charge in [-0.25, -0.2) is 0 Å². The minimum Gasteiger partial charge on any atom is -0.304 e. The largest absolute Gasteiger partial charge is 0.304 e. The summed E-state index contributed by atoms with van der Waals surface area (Å²) in [5.74, 6) is -0.979. The van der Waals surface area contributed by atoms with Gasteiger partial charge in [-0.05, 0) is 31.9 Å². The fourth-order valence-corrected chi connectivity index (χ4v) is 2.24. The van der Waals surface area contributed by atoms with E-state index in [0.29, 0.717) is 11.3 Å². The smallest absolute Gasteiger partial charge is 0.299 e. The fraction of sp³-hybridized carbons (Fsp3) is 0.357. The molecule has 0 spiro atoms. The van der Waals surface area contributed by atoms with Crippen LogP contribution in [-0.4, -0.2) is 24.0 Å². The van der Waals surface area contributed by atoms with Crippen molar-refractivity contribution in [2.75, 3.05) is 11.4 Å². The molecule has 18 heavy (non-hydrogen) atoms. The van der Waals surface area contributed by atoms with Crippen molar-refractivity contribution in [3.63, 3.8) is 0 Å². The van der Waals surface area contributed by atoms with Crippen molar-refractivity contribution in [2.45, 2.75) is 27.2 Å². The zero-order chi connectivity index (χ0) is 13.4. The van der Waals surface area contributed by atoms with Crippen LogP contribution >= 0.6 is 0 Å². The molecule has 0 N–H and O–H groups in total. The first kappa shape index (κ1) is 12.5. The Morgan fingerprint density at radius 2 is 1.78 bits per heavy atom. The highest BCUT2D eigenvalue weighted by Crippen LogP contribution is 2.34. The van der Waals surface area contributed by atoms with E-state index in [1.165, 1.54) is 11.8 Å². The molecule has 0 aliphatic carbocycles. The lowest BCUT2D eigenvalue weighted by molar-refractivity contribution is -0.117. The van der Waals surface area contributed by atoms with Gasteiger partial charge in [0.25, 0.3) is 11.7 Å². The molecule has 0 saturated heterocycles. The third-order valence-electron chi connectivity index (χ3n) is 3.21. The Labute approximate surface area is 106 Å². The Kier molecular flexibility index (Phi) is 3.03. The molecule has 4 heteroatoms. The van der Waals surface area contributed by atoms with Crippen LogP contribution in [0, 0.1) is 13.8 Å². The maximum absolute atomic E-state index is 11.9. The van der Waals surface area contributed by atoms with E-state index in [9.17, 15) is 14.4 Å². The normalized spacial score (nSPS) is 14.1. The van der Waals surface area contributed by atoms with E-state index in [1.807, 2.05) is 26.0 Å². The molecule has 1 aromatic carbocycles. The van der Waals surface area contributed by atoms with E-state index >= 15 is 0 Å². The lowest BCUT2D eigenvalue weighted by atomic mass is 10.0. The zero-order valence-corrected chi connectivity index (χ0v) is 10.7. The zero-order valence-electron chi connectivity index (χ0n) is 10.7. The van der Waals surface area contributed by atoms with Crippen LogP contribution in [0.15, 0.2) is 12.1 Å². The lowest BCUT2D eigenvalue weighted by Gasteiger charge is -2.18. The highest BCUT2D eigenvalue weighted by atomic mass is 16.2. The second kappa shape index (κ2) is 4.37. The number of hydrogen-bond acceptors (Lipinski definition) is 3. The summed E-state index contributed by atoms with van der Waals surface area (Å²) in [6.07, 6.45) is 0.270. The van der Waals surface area contributed by atoms with Gasteiger partial charge in [0.05, 0.1) is 11.3 Å². The monoisotopic (exact) mass is 245 g/mol. The van der Waals surface area contributed by atoms with Gasteiger partial charge in [-0.1, -0.05) is 12.1 Å². The minimum atomic E-state index is -0.524. The number of ketones is 2. The number of benzene rings is 1. The predicted octanol–water partition coefficient (Wildman–Crippen LogP) is 1.81. The second-order valence-electron chi connectivity index (χ2n) is 4.66. The molecule has 0 saturated carbocycles. The van der Waals surface area contributed by atoms with Crippen molar-refractivity contribution in [1.82, 2.24) is 0 Å². The molecule has 0 fully saturated rings. The molecule has 1 aromatic rings. The van der Waals surface area contributed by atoms with Crippen molar-refractivity contribution in [2.24, 2.45) is 0 Å². The van der Waals surface area contributed by atoms with Gasteiger partial charge in [0.15, 0.2) is 0 Å². The third-order valence-corrected chi connectivity index (χ3v) is 3.21. The van der Waals surface area contributed by atoms with Gasteiger partial charge in [-0.3, -0.25) is 14.4 Å². The number of hydrogen-bond donors (Lipinski definition) is 0. The Balaban J connectivity index is 2.48. The van der Waals surface area contributed by atoms with Crippen LogP contribution in [0.2, 0.25) is 0 Å². The topological polar surface area (TPSA) is 54.5 Å². The molecule has 0 radical (unpaired) electrons. The van der Waals surface area contributed by atoms with Crippen LogP contribution in [0.3, 0.4) is 0 Å². The van der Waals surface area contributed by atoms with Gasteiger partial charge in [0, 0.05) is 13.0 Å².